The van der Waals surface area contributed by atoms with Crippen molar-refractivity contribution in [2.45, 2.75) is 57.8 Å². The summed E-state index contributed by atoms with van der Waals surface area (Å²) in [5, 5.41) is 14.3. The maximum absolute atomic E-state index is 12.9. The summed E-state index contributed by atoms with van der Waals surface area (Å²) in [5.74, 6) is 0.519. The molecule has 2 N–H and O–H groups in total. The van der Waals surface area contributed by atoms with Crippen molar-refractivity contribution in [3.8, 4) is 0 Å². The van der Waals surface area contributed by atoms with E-state index in [0.717, 1.165) is 25.1 Å². The Balaban J connectivity index is 1.42. The average Bonchev–Trinajstić information content (AvgIpc) is 3.45. The Morgan fingerprint density at radius 2 is 1.74 bits per heavy atom. The van der Waals surface area contributed by atoms with E-state index in [1.54, 1.807) is 0 Å². The topological polar surface area (TPSA) is 80.3 Å². The predicted octanol–water partition coefficient (Wildman–Crippen LogP) is 3.60. The Bertz CT molecular complexity index is 910. The lowest BCUT2D eigenvalue weighted by atomic mass is 10.00. The van der Waals surface area contributed by atoms with Crippen LogP contribution in [0.15, 0.2) is 60.7 Å². The third-order valence-electron chi connectivity index (χ3n) is 6.63. The largest absolute Gasteiger partial charge is 0.443 e. The van der Waals surface area contributed by atoms with Gasteiger partial charge in [-0.1, -0.05) is 74.5 Å². The third kappa shape index (κ3) is 7.51. The molecule has 2 fully saturated rings. The molecule has 0 unspecified atom stereocenters. The Morgan fingerprint density at radius 1 is 1.06 bits per heavy atom. The molecule has 0 spiro atoms. The van der Waals surface area contributed by atoms with Gasteiger partial charge in [0.25, 0.3) is 0 Å². The van der Waals surface area contributed by atoms with E-state index >= 15 is 0 Å². The van der Waals surface area contributed by atoms with E-state index in [-0.39, 0.29) is 18.3 Å². The number of carbonyl (C=O) groups is 1. The Kier molecular flexibility index (Phi) is 9.15. The smallest absolute Gasteiger partial charge is 0.407 e. The molecule has 2 heterocycles. The molecule has 7 nitrogen and oxygen atoms in total. The molecule has 2 aromatic rings. The number of nitrogens with zero attached hydrogens (tertiary/aromatic N) is 1. The first-order chi connectivity index (χ1) is 17.0. The zero-order valence-corrected chi connectivity index (χ0v) is 20.7. The second kappa shape index (κ2) is 12.5. The molecule has 2 saturated heterocycles. The maximum Gasteiger partial charge on any atom is 0.407 e. The lowest BCUT2D eigenvalue weighted by Crippen LogP contribution is -2.50. The minimum Gasteiger partial charge on any atom is -0.443 e. The molecule has 0 bridgehead atoms. The van der Waals surface area contributed by atoms with Crippen molar-refractivity contribution < 1.29 is 24.1 Å². The van der Waals surface area contributed by atoms with Crippen molar-refractivity contribution in [1.29, 1.82) is 0 Å². The lowest BCUT2D eigenvalue weighted by Gasteiger charge is -2.31. The van der Waals surface area contributed by atoms with Gasteiger partial charge in [0.05, 0.1) is 31.3 Å². The van der Waals surface area contributed by atoms with Gasteiger partial charge in [-0.2, -0.15) is 0 Å². The molecule has 0 saturated carbocycles. The minimum absolute atomic E-state index is 0.0747. The van der Waals surface area contributed by atoms with E-state index in [1.165, 1.54) is 5.56 Å². The zero-order valence-electron chi connectivity index (χ0n) is 20.7. The van der Waals surface area contributed by atoms with Crippen LogP contribution in [-0.4, -0.2) is 66.9 Å². The lowest BCUT2D eigenvalue weighted by molar-refractivity contribution is -0.0907. The molecule has 2 aliphatic heterocycles. The summed E-state index contributed by atoms with van der Waals surface area (Å²) < 4.78 is 16.9. The van der Waals surface area contributed by atoms with Crippen LogP contribution in [0.2, 0.25) is 0 Å². The number of fused-ring (bicyclic) bond motifs is 1. The number of carbonyl (C=O) groups excluding carboxylic acids is 1. The molecule has 2 aromatic carbocycles. The number of rotatable bonds is 11. The molecule has 4 rings (SSSR count). The van der Waals surface area contributed by atoms with Crippen LogP contribution in [0.4, 0.5) is 4.79 Å². The van der Waals surface area contributed by atoms with Crippen molar-refractivity contribution in [3.05, 3.63) is 71.8 Å². The summed E-state index contributed by atoms with van der Waals surface area (Å²) in [4.78, 5) is 15.1. The van der Waals surface area contributed by atoms with Crippen LogP contribution < -0.4 is 5.32 Å². The van der Waals surface area contributed by atoms with Gasteiger partial charge in [0.1, 0.15) is 6.10 Å². The molecule has 1 amide bonds. The fourth-order valence-electron chi connectivity index (χ4n) is 4.98. The highest BCUT2D eigenvalue weighted by atomic mass is 16.7. The van der Waals surface area contributed by atoms with Gasteiger partial charge in [-0.3, -0.25) is 4.90 Å². The van der Waals surface area contributed by atoms with E-state index in [2.05, 4.69) is 36.2 Å². The van der Waals surface area contributed by atoms with E-state index in [4.69, 9.17) is 14.2 Å². The summed E-state index contributed by atoms with van der Waals surface area (Å²) in [6.07, 6.45) is -0.567. The Labute approximate surface area is 208 Å². The van der Waals surface area contributed by atoms with Crippen molar-refractivity contribution >= 4 is 6.09 Å². The van der Waals surface area contributed by atoms with E-state index in [9.17, 15) is 9.90 Å². The molecule has 5 atom stereocenters. The van der Waals surface area contributed by atoms with Crippen LogP contribution in [0.3, 0.4) is 0 Å². The number of ether oxygens (including phenoxy) is 3. The second-order valence-corrected chi connectivity index (χ2v) is 10.1. The van der Waals surface area contributed by atoms with E-state index < -0.39 is 18.2 Å². The number of hydrogen-bond acceptors (Lipinski definition) is 6. The second-order valence-electron chi connectivity index (χ2n) is 10.1. The fraction of sp³-hybridized carbons (Fsp3) is 0.536. The number of alkyl carbamates (subject to hydrolysis) is 1. The number of nitrogens with one attached hydrogen (secondary N) is 1. The highest BCUT2D eigenvalue weighted by Crippen LogP contribution is 2.33. The highest BCUT2D eigenvalue weighted by Gasteiger charge is 2.44. The maximum atomic E-state index is 12.9. The van der Waals surface area contributed by atoms with Crippen molar-refractivity contribution in [1.82, 2.24) is 10.2 Å². The van der Waals surface area contributed by atoms with E-state index in [1.807, 2.05) is 48.5 Å². The number of amides is 1. The van der Waals surface area contributed by atoms with E-state index in [0.29, 0.717) is 32.1 Å². The highest BCUT2D eigenvalue weighted by molar-refractivity contribution is 5.68. The Morgan fingerprint density at radius 3 is 2.43 bits per heavy atom. The standard InChI is InChI=1S/C28H38N2O5/c1-20(2)16-30(17-22-11-7-4-8-12-22)18-25(31)24(15-21-9-5-3-6-10-21)29-28(32)35-26-19-34-27-23(26)13-14-33-27/h3-12,20,23-27,31H,13-19H2,1-2H3,(H,29,32)/t23-,24-,25+,26-,27+/m0/s1. The minimum atomic E-state index is -0.771. The monoisotopic (exact) mass is 482 g/mol. The van der Waals surface area contributed by atoms with Gasteiger partial charge in [-0.15, -0.1) is 0 Å². The van der Waals surface area contributed by atoms with Crippen molar-refractivity contribution in [3.63, 3.8) is 0 Å². The van der Waals surface area contributed by atoms with Gasteiger partial charge in [-0.25, -0.2) is 4.79 Å². The quantitative estimate of drug-likeness (QED) is 0.509. The van der Waals surface area contributed by atoms with Crippen LogP contribution in [0.5, 0.6) is 0 Å². The summed E-state index contributed by atoms with van der Waals surface area (Å²) in [6.45, 7) is 7.33. The molecule has 0 aliphatic carbocycles. The van der Waals surface area contributed by atoms with Gasteiger partial charge in [0, 0.05) is 19.6 Å². The normalized spacial score (nSPS) is 23.3. The molecule has 190 valence electrons. The molecule has 35 heavy (non-hydrogen) atoms. The number of aliphatic hydroxyl groups is 1. The number of aliphatic hydroxyl groups excluding tert-OH is 1. The molecule has 0 radical (unpaired) electrons. The van der Waals surface area contributed by atoms with Gasteiger partial charge < -0.3 is 24.6 Å². The van der Waals surface area contributed by atoms with Crippen LogP contribution >= 0.6 is 0 Å². The Hall–Kier alpha value is -2.45. The van der Waals surface area contributed by atoms with Crippen LogP contribution in [-0.2, 0) is 27.2 Å². The summed E-state index contributed by atoms with van der Waals surface area (Å²) in [6, 6.07) is 19.7. The fourth-order valence-corrected chi connectivity index (χ4v) is 4.98. The molecular weight excluding hydrogens is 444 g/mol. The average molecular weight is 483 g/mol. The van der Waals surface area contributed by atoms with Crippen molar-refractivity contribution in [2.24, 2.45) is 11.8 Å². The summed E-state index contributed by atoms with van der Waals surface area (Å²) >= 11 is 0. The first kappa shape index (κ1) is 25.6. The van der Waals surface area contributed by atoms with Gasteiger partial charge in [-0.05, 0) is 29.9 Å². The third-order valence-corrected chi connectivity index (χ3v) is 6.63. The first-order valence-corrected chi connectivity index (χ1v) is 12.7. The predicted molar refractivity (Wildman–Crippen MR) is 134 cm³/mol. The number of benzene rings is 2. The molecule has 2 aliphatic rings. The molecule has 0 aromatic heterocycles. The zero-order chi connectivity index (χ0) is 24.6. The van der Waals surface area contributed by atoms with Gasteiger partial charge >= 0.3 is 6.09 Å². The van der Waals surface area contributed by atoms with Crippen LogP contribution in [0.25, 0.3) is 0 Å². The molecular formula is C28H38N2O5. The summed E-state index contributed by atoms with van der Waals surface area (Å²) in [5.41, 5.74) is 2.24. The van der Waals surface area contributed by atoms with Gasteiger partial charge in [0.15, 0.2) is 6.29 Å². The van der Waals surface area contributed by atoms with Crippen LogP contribution in [0.1, 0.15) is 31.4 Å². The van der Waals surface area contributed by atoms with Gasteiger partial charge in [0.2, 0.25) is 0 Å². The molecule has 7 heteroatoms. The van der Waals surface area contributed by atoms with Crippen molar-refractivity contribution in [2.75, 3.05) is 26.3 Å². The SMILES string of the molecule is CC(C)CN(Cc1ccccc1)C[C@@H](O)[C@H](Cc1ccccc1)NC(=O)O[C@H]1CO[C@H]2OCC[C@H]21. The van der Waals surface area contributed by atoms with Crippen LogP contribution in [0, 0.1) is 11.8 Å². The number of hydrogen-bond donors (Lipinski definition) is 2. The summed E-state index contributed by atoms with van der Waals surface area (Å²) in [7, 11) is 0. The first-order valence-electron chi connectivity index (χ1n) is 12.7.